The minimum absolute atomic E-state index is 0.242. The fourth-order valence-corrected chi connectivity index (χ4v) is 4.51. The number of ether oxygens (including phenoxy) is 1. The van der Waals surface area contributed by atoms with Crippen LogP contribution in [0.3, 0.4) is 0 Å². The first-order valence-corrected chi connectivity index (χ1v) is 13.0. The number of alkyl halides is 6. The number of anilines is 1. The fourth-order valence-electron chi connectivity index (χ4n) is 4.51. The van der Waals surface area contributed by atoms with Crippen molar-refractivity contribution in [3.63, 3.8) is 0 Å². The highest BCUT2D eigenvalue weighted by atomic mass is 19.4. The molecule has 4 aromatic carbocycles. The van der Waals surface area contributed by atoms with Crippen molar-refractivity contribution in [2.24, 2.45) is 0 Å². The third kappa shape index (κ3) is 7.42. The average Bonchev–Trinajstić information content (AvgIpc) is 2.93. The van der Waals surface area contributed by atoms with Crippen LogP contribution in [0, 0.1) is 5.82 Å². The molecule has 0 saturated heterocycles. The van der Waals surface area contributed by atoms with E-state index in [1.165, 1.54) is 17.0 Å². The zero-order valence-corrected chi connectivity index (χ0v) is 22.7. The van der Waals surface area contributed by atoms with Crippen molar-refractivity contribution in [1.29, 1.82) is 0 Å². The molecule has 0 bridgehead atoms. The number of hydrogen-bond donors (Lipinski definition) is 1. The van der Waals surface area contributed by atoms with Crippen LogP contribution in [0.25, 0.3) is 0 Å². The van der Waals surface area contributed by atoms with Gasteiger partial charge in [-0.1, -0.05) is 44.2 Å². The van der Waals surface area contributed by atoms with Gasteiger partial charge in [0.25, 0.3) is 0 Å². The molecule has 0 aromatic heterocycles. The number of halogens is 7. The monoisotopic (exact) mass is 591 g/mol. The molecule has 222 valence electrons. The summed E-state index contributed by atoms with van der Waals surface area (Å²) in [5.74, 6) is 0.226. The maximum absolute atomic E-state index is 14.9. The van der Waals surface area contributed by atoms with Gasteiger partial charge in [-0.2, -0.15) is 26.3 Å². The van der Waals surface area contributed by atoms with E-state index >= 15 is 0 Å². The summed E-state index contributed by atoms with van der Waals surface area (Å²) in [7, 11) is 0. The lowest BCUT2D eigenvalue weighted by molar-refractivity contribution is -0.138. The van der Waals surface area contributed by atoms with Crippen LogP contribution < -0.4 is 9.64 Å². The molecule has 1 unspecified atom stereocenters. The van der Waals surface area contributed by atoms with Gasteiger partial charge in [0, 0.05) is 23.9 Å². The summed E-state index contributed by atoms with van der Waals surface area (Å²) in [6, 6.07) is 18.9. The molecule has 42 heavy (non-hydrogen) atoms. The molecule has 0 radical (unpaired) electrons. The van der Waals surface area contributed by atoms with Crippen LogP contribution in [0.4, 0.5) is 36.4 Å². The smallest absolute Gasteiger partial charge is 0.416 e. The second-order valence-electron chi connectivity index (χ2n) is 10.1. The Morgan fingerprint density at radius 1 is 0.714 bits per heavy atom. The molecule has 0 saturated carbocycles. The molecule has 4 aromatic rings. The van der Waals surface area contributed by atoms with Gasteiger partial charge >= 0.3 is 12.4 Å². The molecule has 0 spiro atoms. The Bertz CT molecular complexity index is 1500. The van der Waals surface area contributed by atoms with Gasteiger partial charge in [-0.15, -0.1) is 0 Å². The van der Waals surface area contributed by atoms with Crippen molar-refractivity contribution in [3.8, 4) is 11.5 Å². The van der Waals surface area contributed by atoms with E-state index in [4.69, 9.17) is 4.74 Å². The van der Waals surface area contributed by atoms with Crippen molar-refractivity contribution in [2.45, 2.75) is 44.7 Å². The molecule has 0 heterocycles. The SMILES string of the molecule is CC(C)c1cccc(Oc2cccc(N(Cc3cc(C(F)(F)F)ccc3F)C(CO)c3ccc(C(F)(F)F)cc3)c2)c1. The van der Waals surface area contributed by atoms with Gasteiger partial charge in [-0.3, -0.25) is 0 Å². The Morgan fingerprint density at radius 3 is 1.90 bits per heavy atom. The van der Waals surface area contributed by atoms with Crippen LogP contribution in [-0.4, -0.2) is 11.7 Å². The Morgan fingerprint density at radius 2 is 1.31 bits per heavy atom. The Balaban J connectivity index is 1.77. The molecule has 4 rings (SSSR count). The third-order valence-electron chi connectivity index (χ3n) is 6.80. The zero-order chi connectivity index (χ0) is 30.7. The summed E-state index contributed by atoms with van der Waals surface area (Å²) in [6.45, 7) is 2.99. The van der Waals surface area contributed by atoms with E-state index in [1.54, 1.807) is 30.3 Å². The average molecular weight is 592 g/mol. The van der Waals surface area contributed by atoms with Crippen LogP contribution in [0.5, 0.6) is 11.5 Å². The van der Waals surface area contributed by atoms with Crippen molar-refractivity contribution in [3.05, 3.63) is 125 Å². The lowest BCUT2D eigenvalue weighted by Gasteiger charge is -2.34. The first kappa shape index (κ1) is 30.9. The molecule has 0 aliphatic carbocycles. The minimum Gasteiger partial charge on any atom is -0.457 e. The fraction of sp³-hybridized carbons (Fsp3) is 0.250. The maximum Gasteiger partial charge on any atom is 0.416 e. The van der Waals surface area contributed by atoms with Crippen molar-refractivity contribution in [2.75, 3.05) is 11.5 Å². The third-order valence-corrected chi connectivity index (χ3v) is 6.80. The lowest BCUT2D eigenvalue weighted by Crippen LogP contribution is -2.31. The summed E-state index contributed by atoms with van der Waals surface area (Å²) in [6.07, 6.45) is -9.32. The van der Waals surface area contributed by atoms with E-state index in [2.05, 4.69) is 0 Å². The van der Waals surface area contributed by atoms with Crippen LogP contribution in [0.2, 0.25) is 0 Å². The molecule has 1 N–H and O–H groups in total. The highest BCUT2D eigenvalue weighted by Gasteiger charge is 2.33. The molecule has 0 aliphatic rings. The quantitative estimate of drug-likeness (QED) is 0.197. The maximum atomic E-state index is 14.9. The summed E-state index contributed by atoms with van der Waals surface area (Å²) in [5, 5.41) is 10.4. The standard InChI is InChI=1S/C32H28F7NO2/c1-20(2)22-5-3-7-27(16-22)42-28-8-4-6-26(17-28)40(18-23-15-25(32(37,38)39)13-14-29(23)33)30(19-41)21-9-11-24(12-10-21)31(34,35)36/h3-17,20,30,41H,18-19H2,1-2H3. The molecular formula is C32H28F7NO2. The Hall–Kier alpha value is -4.05. The normalized spacial score (nSPS) is 12.8. The first-order chi connectivity index (χ1) is 19.8. The first-order valence-electron chi connectivity index (χ1n) is 13.0. The largest absolute Gasteiger partial charge is 0.457 e. The molecule has 0 amide bonds. The zero-order valence-electron chi connectivity index (χ0n) is 22.7. The predicted molar refractivity (Wildman–Crippen MR) is 146 cm³/mol. The molecular weight excluding hydrogens is 563 g/mol. The molecule has 3 nitrogen and oxygen atoms in total. The van der Waals surface area contributed by atoms with Crippen molar-refractivity contribution in [1.82, 2.24) is 0 Å². The number of hydrogen-bond acceptors (Lipinski definition) is 3. The molecule has 0 fully saturated rings. The van der Waals surface area contributed by atoms with E-state index in [1.807, 2.05) is 32.0 Å². The highest BCUT2D eigenvalue weighted by molar-refractivity contribution is 5.54. The second-order valence-corrected chi connectivity index (χ2v) is 10.1. The number of nitrogens with zero attached hydrogens (tertiary/aromatic N) is 1. The van der Waals surface area contributed by atoms with Gasteiger partial charge in [0.05, 0.1) is 23.8 Å². The van der Waals surface area contributed by atoms with E-state index in [9.17, 15) is 35.8 Å². The second kappa shape index (κ2) is 12.4. The van der Waals surface area contributed by atoms with Crippen LogP contribution in [-0.2, 0) is 18.9 Å². The van der Waals surface area contributed by atoms with Gasteiger partial charge in [0.2, 0.25) is 0 Å². The molecule has 10 heteroatoms. The van der Waals surface area contributed by atoms with E-state index < -0.39 is 48.5 Å². The predicted octanol–water partition coefficient (Wildman–Crippen LogP) is 9.52. The number of aliphatic hydroxyl groups is 1. The van der Waals surface area contributed by atoms with Gasteiger partial charge in [-0.05, 0) is 71.6 Å². The molecule has 0 aliphatic heterocycles. The van der Waals surface area contributed by atoms with E-state index in [0.29, 0.717) is 35.4 Å². The Kier molecular flexibility index (Phi) is 9.15. The summed E-state index contributed by atoms with van der Waals surface area (Å²) >= 11 is 0. The van der Waals surface area contributed by atoms with Gasteiger partial charge < -0.3 is 14.7 Å². The van der Waals surface area contributed by atoms with Gasteiger partial charge in [0.1, 0.15) is 17.3 Å². The number of benzene rings is 4. The lowest BCUT2D eigenvalue weighted by atomic mass is 10.0. The van der Waals surface area contributed by atoms with Crippen molar-refractivity contribution >= 4 is 5.69 Å². The van der Waals surface area contributed by atoms with E-state index in [0.717, 1.165) is 17.7 Å². The van der Waals surface area contributed by atoms with Crippen LogP contribution in [0.1, 0.15) is 53.6 Å². The summed E-state index contributed by atoms with van der Waals surface area (Å²) < 4.78 is 101. The van der Waals surface area contributed by atoms with E-state index in [-0.39, 0.29) is 17.0 Å². The van der Waals surface area contributed by atoms with Gasteiger partial charge in [0.15, 0.2) is 0 Å². The Labute approximate surface area is 238 Å². The minimum atomic E-state index is -4.73. The number of rotatable bonds is 9. The molecule has 1 atom stereocenters. The summed E-state index contributed by atoms with van der Waals surface area (Å²) in [4.78, 5) is 1.43. The van der Waals surface area contributed by atoms with Crippen molar-refractivity contribution < 1.29 is 40.6 Å². The topological polar surface area (TPSA) is 32.7 Å². The highest BCUT2D eigenvalue weighted by Crippen LogP contribution is 2.37. The summed E-state index contributed by atoms with van der Waals surface area (Å²) in [5.41, 5.74) is -0.662. The van der Waals surface area contributed by atoms with Crippen LogP contribution in [0.15, 0.2) is 91.0 Å². The van der Waals surface area contributed by atoms with Crippen LogP contribution >= 0.6 is 0 Å². The van der Waals surface area contributed by atoms with Gasteiger partial charge in [-0.25, -0.2) is 4.39 Å². The number of aliphatic hydroxyl groups excluding tert-OH is 1.